The maximum Gasteiger partial charge on any atom is 0.233 e. The number of carbonyl (C=O) groups excluding carboxylic acids is 1. The van der Waals surface area contributed by atoms with Crippen LogP contribution in [0.2, 0.25) is 10.0 Å². The second-order valence-corrected chi connectivity index (χ2v) is 5.76. The fraction of sp³-hybridized carbons (Fsp3) is 0.500. The molecule has 19 heavy (non-hydrogen) atoms. The van der Waals surface area contributed by atoms with Gasteiger partial charge in [0, 0.05) is 7.05 Å². The molecule has 3 nitrogen and oxygen atoms in total. The first-order valence-corrected chi connectivity index (χ1v) is 7.13. The summed E-state index contributed by atoms with van der Waals surface area (Å²) in [6.45, 7) is 0. The summed E-state index contributed by atoms with van der Waals surface area (Å²) in [6, 6.07) is 5.14. The molecule has 1 amide bonds. The third kappa shape index (κ3) is 2.47. The van der Waals surface area contributed by atoms with Crippen LogP contribution >= 0.6 is 23.2 Å². The fourth-order valence-electron chi connectivity index (χ4n) is 2.88. The van der Waals surface area contributed by atoms with Crippen molar-refractivity contribution in [2.45, 2.75) is 37.2 Å². The van der Waals surface area contributed by atoms with Gasteiger partial charge in [-0.3, -0.25) is 4.79 Å². The Kier molecular flexibility index (Phi) is 4.39. The molecule has 0 unspecified atom stereocenters. The molecule has 0 radical (unpaired) electrons. The minimum Gasteiger partial charge on any atom is -0.392 e. The highest BCUT2D eigenvalue weighted by Crippen LogP contribution is 2.41. The predicted molar refractivity (Wildman–Crippen MR) is 76.7 cm³/mol. The zero-order valence-electron chi connectivity index (χ0n) is 10.7. The number of likely N-dealkylation sites (N-methyl/N-ethyl adjacent to an activating group) is 1. The molecule has 0 saturated heterocycles. The van der Waals surface area contributed by atoms with Gasteiger partial charge in [0.1, 0.15) is 0 Å². The Hall–Kier alpha value is -0.770. The number of rotatable bonds is 2. The van der Waals surface area contributed by atoms with Gasteiger partial charge in [-0.05, 0) is 30.5 Å². The first-order chi connectivity index (χ1) is 9.02. The number of carbonyl (C=O) groups is 1. The molecule has 5 heteroatoms. The standard InChI is InChI=1S/C14H17Cl2NO2/c1-17-13(19)14(7-3-2-4-12(14)18)9-5-6-10(15)11(16)8-9/h5-6,8,12,18H,2-4,7H2,1H3,(H,17,19)/t12-,14-/m1/s1. The Bertz CT molecular complexity index is 492. The van der Waals surface area contributed by atoms with E-state index in [1.807, 2.05) is 0 Å². The molecule has 0 heterocycles. The lowest BCUT2D eigenvalue weighted by Gasteiger charge is -2.40. The van der Waals surface area contributed by atoms with Crippen LogP contribution in [0.3, 0.4) is 0 Å². The molecule has 1 saturated carbocycles. The van der Waals surface area contributed by atoms with E-state index >= 15 is 0 Å². The third-order valence-electron chi connectivity index (χ3n) is 3.93. The number of hydrogen-bond acceptors (Lipinski definition) is 2. The van der Waals surface area contributed by atoms with Gasteiger partial charge in [-0.1, -0.05) is 42.1 Å². The molecule has 1 aromatic rings. The highest BCUT2D eigenvalue weighted by Gasteiger charge is 2.47. The van der Waals surface area contributed by atoms with Gasteiger partial charge in [-0.2, -0.15) is 0 Å². The molecule has 2 atom stereocenters. The summed E-state index contributed by atoms with van der Waals surface area (Å²) in [7, 11) is 1.59. The number of aliphatic hydroxyl groups is 1. The molecule has 0 aliphatic heterocycles. The highest BCUT2D eigenvalue weighted by molar-refractivity contribution is 6.42. The lowest BCUT2D eigenvalue weighted by atomic mass is 9.66. The molecule has 1 fully saturated rings. The van der Waals surface area contributed by atoms with Crippen molar-refractivity contribution in [3.05, 3.63) is 33.8 Å². The second-order valence-electron chi connectivity index (χ2n) is 4.94. The van der Waals surface area contributed by atoms with Crippen LogP contribution in [0.1, 0.15) is 31.2 Å². The van der Waals surface area contributed by atoms with Crippen molar-refractivity contribution < 1.29 is 9.90 Å². The Morgan fingerprint density at radius 2 is 2.11 bits per heavy atom. The zero-order chi connectivity index (χ0) is 14.0. The van der Waals surface area contributed by atoms with Crippen LogP contribution in [0, 0.1) is 0 Å². The summed E-state index contributed by atoms with van der Waals surface area (Å²) in [4.78, 5) is 12.3. The number of aliphatic hydroxyl groups excluding tert-OH is 1. The van der Waals surface area contributed by atoms with Crippen LogP contribution in [-0.4, -0.2) is 24.2 Å². The fourth-order valence-corrected chi connectivity index (χ4v) is 3.18. The van der Waals surface area contributed by atoms with E-state index in [4.69, 9.17) is 23.2 Å². The van der Waals surface area contributed by atoms with E-state index in [0.29, 0.717) is 22.9 Å². The largest absolute Gasteiger partial charge is 0.392 e. The van der Waals surface area contributed by atoms with E-state index in [2.05, 4.69) is 5.32 Å². The van der Waals surface area contributed by atoms with Gasteiger partial charge < -0.3 is 10.4 Å². The lowest BCUT2D eigenvalue weighted by Crippen LogP contribution is -2.53. The van der Waals surface area contributed by atoms with E-state index in [9.17, 15) is 9.90 Å². The Morgan fingerprint density at radius 3 is 2.68 bits per heavy atom. The molecule has 0 aromatic heterocycles. The van der Waals surface area contributed by atoms with Crippen molar-refractivity contribution in [2.24, 2.45) is 0 Å². The molecule has 104 valence electrons. The number of nitrogens with one attached hydrogen (secondary N) is 1. The van der Waals surface area contributed by atoms with Gasteiger partial charge in [-0.15, -0.1) is 0 Å². The molecule has 0 spiro atoms. The molecule has 1 aliphatic carbocycles. The van der Waals surface area contributed by atoms with E-state index in [1.165, 1.54) is 0 Å². The van der Waals surface area contributed by atoms with Crippen molar-refractivity contribution >= 4 is 29.1 Å². The quantitative estimate of drug-likeness (QED) is 0.882. The molecule has 1 aromatic carbocycles. The van der Waals surface area contributed by atoms with Gasteiger partial charge in [0.2, 0.25) is 5.91 Å². The summed E-state index contributed by atoms with van der Waals surface area (Å²) < 4.78 is 0. The van der Waals surface area contributed by atoms with Crippen molar-refractivity contribution in [1.29, 1.82) is 0 Å². The molecular weight excluding hydrogens is 285 g/mol. The summed E-state index contributed by atoms with van der Waals surface area (Å²) in [5.74, 6) is -0.168. The molecule has 0 bridgehead atoms. The number of benzene rings is 1. The SMILES string of the molecule is CNC(=O)[C@@]1(c2ccc(Cl)c(Cl)c2)CCCC[C@H]1O. The summed E-state index contributed by atoms with van der Waals surface area (Å²) in [5, 5.41) is 13.9. The van der Waals surface area contributed by atoms with Crippen LogP contribution in [0.25, 0.3) is 0 Å². The van der Waals surface area contributed by atoms with Crippen molar-refractivity contribution in [3.8, 4) is 0 Å². The highest BCUT2D eigenvalue weighted by atomic mass is 35.5. The molecular formula is C14H17Cl2NO2. The molecule has 2 rings (SSSR count). The third-order valence-corrected chi connectivity index (χ3v) is 4.67. The van der Waals surface area contributed by atoms with Crippen LogP contribution < -0.4 is 5.32 Å². The average molecular weight is 302 g/mol. The van der Waals surface area contributed by atoms with E-state index in [1.54, 1.807) is 25.2 Å². The zero-order valence-corrected chi connectivity index (χ0v) is 12.3. The lowest BCUT2D eigenvalue weighted by molar-refractivity contribution is -0.132. The van der Waals surface area contributed by atoms with Gasteiger partial charge in [0.05, 0.1) is 21.6 Å². The first kappa shape index (κ1) is 14.6. The Morgan fingerprint density at radius 1 is 1.37 bits per heavy atom. The molecule has 1 aliphatic rings. The number of amides is 1. The minimum atomic E-state index is -0.915. The monoisotopic (exact) mass is 301 g/mol. The van der Waals surface area contributed by atoms with Crippen LogP contribution in [-0.2, 0) is 10.2 Å². The Balaban J connectivity index is 2.53. The van der Waals surface area contributed by atoms with Crippen molar-refractivity contribution in [2.75, 3.05) is 7.05 Å². The Labute approximate surface area is 122 Å². The number of halogens is 2. The summed E-state index contributed by atoms with van der Waals surface area (Å²) in [5.41, 5.74) is -0.185. The second kappa shape index (κ2) is 5.70. The van der Waals surface area contributed by atoms with Crippen LogP contribution in [0.15, 0.2) is 18.2 Å². The minimum absolute atomic E-state index is 0.168. The average Bonchev–Trinajstić information content (AvgIpc) is 2.42. The van der Waals surface area contributed by atoms with Gasteiger partial charge in [0.25, 0.3) is 0 Å². The van der Waals surface area contributed by atoms with E-state index in [-0.39, 0.29) is 5.91 Å². The van der Waals surface area contributed by atoms with E-state index in [0.717, 1.165) is 18.4 Å². The molecule has 2 N–H and O–H groups in total. The van der Waals surface area contributed by atoms with Gasteiger partial charge in [-0.25, -0.2) is 0 Å². The van der Waals surface area contributed by atoms with Crippen molar-refractivity contribution in [3.63, 3.8) is 0 Å². The first-order valence-electron chi connectivity index (χ1n) is 6.38. The van der Waals surface area contributed by atoms with E-state index < -0.39 is 11.5 Å². The topological polar surface area (TPSA) is 49.3 Å². The normalized spacial score (nSPS) is 27.1. The van der Waals surface area contributed by atoms with Gasteiger partial charge >= 0.3 is 0 Å². The maximum atomic E-state index is 12.3. The summed E-state index contributed by atoms with van der Waals surface area (Å²) in [6.07, 6.45) is 2.38. The van der Waals surface area contributed by atoms with Gasteiger partial charge in [0.15, 0.2) is 0 Å². The predicted octanol–water partition coefficient (Wildman–Crippen LogP) is 2.91. The number of hydrogen-bond donors (Lipinski definition) is 2. The van der Waals surface area contributed by atoms with Crippen LogP contribution in [0.4, 0.5) is 0 Å². The van der Waals surface area contributed by atoms with Crippen LogP contribution in [0.5, 0.6) is 0 Å². The smallest absolute Gasteiger partial charge is 0.233 e. The maximum absolute atomic E-state index is 12.3. The summed E-state index contributed by atoms with van der Waals surface area (Å²) >= 11 is 12.0. The van der Waals surface area contributed by atoms with Crippen molar-refractivity contribution in [1.82, 2.24) is 5.32 Å².